The molecule has 2 rings (SSSR count). The van der Waals surface area contributed by atoms with Crippen molar-refractivity contribution in [1.82, 2.24) is 19.7 Å². The van der Waals surface area contributed by atoms with Crippen molar-refractivity contribution in [3.8, 4) is 0 Å². The van der Waals surface area contributed by atoms with Gasteiger partial charge in [-0.2, -0.15) is 0 Å². The predicted molar refractivity (Wildman–Crippen MR) is 85.1 cm³/mol. The summed E-state index contributed by atoms with van der Waals surface area (Å²) in [5, 5.41) is 7.27. The van der Waals surface area contributed by atoms with E-state index in [-0.39, 0.29) is 16.2 Å². The second-order valence-corrected chi connectivity index (χ2v) is 7.07. The van der Waals surface area contributed by atoms with Crippen LogP contribution in [0.4, 0.5) is 0 Å². The van der Waals surface area contributed by atoms with Gasteiger partial charge in [-0.3, -0.25) is 0 Å². The summed E-state index contributed by atoms with van der Waals surface area (Å²) in [6, 6.07) is 7.00. The normalized spacial score (nSPS) is 11.5. The first-order chi connectivity index (χ1) is 9.81. The first kappa shape index (κ1) is 16.0. The SMILES string of the molecule is Cn1nnc(Br)c1S(=O)(=O)NCc1ccc(C(N)=S)cc1. The highest BCUT2D eigenvalue weighted by Gasteiger charge is 2.23. The maximum Gasteiger partial charge on any atom is 0.260 e. The third-order valence-corrected chi connectivity index (χ3v) is 5.22. The number of halogens is 1. The van der Waals surface area contributed by atoms with Crippen molar-refractivity contribution in [2.24, 2.45) is 12.8 Å². The van der Waals surface area contributed by atoms with Crippen LogP contribution in [0.25, 0.3) is 0 Å². The van der Waals surface area contributed by atoms with Gasteiger partial charge in [-0.25, -0.2) is 17.8 Å². The van der Waals surface area contributed by atoms with E-state index in [0.717, 1.165) is 11.1 Å². The van der Waals surface area contributed by atoms with Gasteiger partial charge in [0.25, 0.3) is 10.0 Å². The fourth-order valence-electron chi connectivity index (χ4n) is 1.64. The minimum absolute atomic E-state index is 0.0257. The highest BCUT2D eigenvalue weighted by atomic mass is 79.9. The number of nitrogens with two attached hydrogens (primary N) is 1. The lowest BCUT2D eigenvalue weighted by atomic mass is 10.1. The largest absolute Gasteiger partial charge is 0.389 e. The molecule has 0 amide bonds. The minimum Gasteiger partial charge on any atom is -0.389 e. The maximum absolute atomic E-state index is 12.2. The molecule has 0 unspecified atom stereocenters. The summed E-state index contributed by atoms with van der Waals surface area (Å²) in [5.41, 5.74) is 7.02. The van der Waals surface area contributed by atoms with Crippen molar-refractivity contribution in [3.63, 3.8) is 0 Å². The van der Waals surface area contributed by atoms with Gasteiger partial charge in [0.2, 0.25) is 5.03 Å². The van der Waals surface area contributed by atoms with Gasteiger partial charge < -0.3 is 5.73 Å². The number of hydrogen-bond acceptors (Lipinski definition) is 5. The highest BCUT2D eigenvalue weighted by molar-refractivity contribution is 9.10. The summed E-state index contributed by atoms with van der Waals surface area (Å²) < 4.78 is 28.2. The van der Waals surface area contributed by atoms with Gasteiger partial charge in [-0.05, 0) is 21.5 Å². The van der Waals surface area contributed by atoms with Crippen LogP contribution in [0, 0.1) is 0 Å². The predicted octanol–water partition coefficient (Wildman–Crippen LogP) is 0.690. The fraction of sp³-hybridized carbons (Fsp3) is 0.182. The van der Waals surface area contributed by atoms with Gasteiger partial charge in [-0.15, -0.1) is 5.10 Å². The van der Waals surface area contributed by atoms with E-state index in [2.05, 4.69) is 31.0 Å². The smallest absolute Gasteiger partial charge is 0.260 e. The van der Waals surface area contributed by atoms with E-state index < -0.39 is 10.0 Å². The molecule has 0 fully saturated rings. The lowest BCUT2D eigenvalue weighted by molar-refractivity contribution is 0.560. The van der Waals surface area contributed by atoms with Crippen LogP contribution in [-0.4, -0.2) is 28.4 Å². The molecular weight excluding hydrogens is 378 g/mol. The van der Waals surface area contributed by atoms with Gasteiger partial charge >= 0.3 is 0 Å². The van der Waals surface area contributed by atoms with Crippen molar-refractivity contribution in [3.05, 3.63) is 40.0 Å². The number of benzene rings is 1. The third kappa shape index (κ3) is 3.64. The topological polar surface area (TPSA) is 103 Å². The Bertz CT molecular complexity index is 751. The fourth-order valence-corrected chi connectivity index (χ4v) is 3.88. The average molecular weight is 390 g/mol. The van der Waals surface area contributed by atoms with Crippen LogP contribution in [0.3, 0.4) is 0 Å². The van der Waals surface area contributed by atoms with Crippen LogP contribution in [0.2, 0.25) is 0 Å². The molecule has 112 valence electrons. The first-order valence-corrected chi connectivity index (χ1v) is 8.43. The Morgan fingerprint density at radius 2 is 2.05 bits per heavy atom. The van der Waals surface area contributed by atoms with Crippen molar-refractivity contribution in [1.29, 1.82) is 0 Å². The average Bonchev–Trinajstić information content (AvgIpc) is 2.77. The molecule has 0 radical (unpaired) electrons. The van der Waals surface area contributed by atoms with Gasteiger partial charge in [0.1, 0.15) is 4.99 Å². The molecule has 3 N–H and O–H groups in total. The van der Waals surface area contributed by atoms with E-state index >= 15 is 0 Å². The second kappa shape index (κ2) is 6.18. The zero-order valence-electron chi connectivity index (χ0n) is 10.9. The third-order valence-electron chi connectivity index (χ3n) is 2.70. The minimum atomic E-state index is -3.71. The molecule has 0 saturated heterocycles. The lowest BCUT2D eigenvalue weighted by Gasteiger charge is -2.07. The molecular formula is C11H12BrN5O2S2. The molecule has 0 aliphatic rings. The number of nitrogens with one attached hydrogen (secondary N) is 1. The zero-order chi connectivity index (χ0) is 15.6. The molecule has 0 saturated carbocycles. The molecule has 1 aromatic heterocycles. The molecule has 0 aliphatic heterocycles. The zero-order valence-corrected chi connectivity index (χ0v) is 14.2. The molecule has 1 heterocycles. The number of nitrogens with zero attached hydrogens (tertiary/aromatic N) is 3. The summed E-state index contributed by atoms with van der Waals surface area (Å²) in [7, 11) is -2.21. The summed E-state index contributed by atoms with van der Waals surface area (Å²) >= 11 is 7.92. The first-order valence-electron chi connectivity index (χ1n) is 5.75. The molecule has 0 aliphatic carbocycles. The Hall–Kier alpha value is -1.36. The van der Waals surface area contributed by atoms with E-state index in [4.69, 9.17) is 18.0 Å². The second-order valence-electron chi connectivity index (χ2n) is 4.19. The Morgan fingerprint density at radius 3 is 2.52 bits per heavy atom. The van der Waals surface area contributed by atoms with E-state index in [1.807, 2.05) is 0 Å². The standard InChI is InChI=1S/C11H12BrN5O2S2/c1-17-11(9(12)15-16-17)21(18,19)14-6-7-2-4-8(5-3-7)10(13)20/h2-5,14H,6H2,1H3,(H2,13,20). The number of aromatic nitrogens is 3. The number of thiocarbonyl (C=S) groups is 1. The molecule has 2 aromatic rings. The molecule has 10 heteroatoms. The molecule has 0 spiro atoms. The van der Waals surface area contributed by atoms with Gasteiger partial charge in [0.15, 0.2) is 4.60 Å². The highest BCUT2D eigenvalue weighted by Crippen LogP contribution is 2.17. The van der Waals surface area contributed by atoms with Crippen molar-refractivity contribution in [2.45, 2.75) is 11.6 Å². The number of sulfonamides is 1. The van der Waals surface area contributed by atoms with Gasteiger partial charge in [0, 0.05) is 19.2 Å². The van der Waals surface area contributed by atoms with Crippen LogP contribution in [0.5, 0.6) is 0 Å². The van der Waals surface area contributed by atoms with Gasteiger partial charge in [-0.1, -0.05) is 41.7 Å². The molecule has 0 atom stereocenters. The Morgan fingerprint density at radius 1 is 1.43 bits per heavy atom. The van der Waals surface area contributed by atoms with E-state index in [1.165, 1.54) is 11.7 Å². The summed E-state index contributed by atoms with van der Waals surface area (Å²) in [6.07, 6.45) is 0. The van der Waals surface area contributed by atoms with Crippen molar-refractivity contribution in [2.75, 3.05) is 0 Å². The lowest BCUT2D eigenvalue weighted by Crippen LogP contribution is -2.25. The summed E-state index contributed by atoms with van der Waals surface area (Å²) in [5.74, 6) is 0. The van der Waals surface area contributed by atoms with Crippen molar-refractivity contribution >= 4 is 43.2 Å². The molecule has 21 heavy (non-hydrogen) atoms. The summed E-state index contributed by atoms with van der Waals surface area (Å²) in [6.45, 7) is 0.136. The van der Waals surface area contributed by atoms with E-state index in [0.29, 0.717) is 4.99 Å². The quantitative estimate of drug-likeness (QED) is 0.729. The van der Waals surface area contributed by atoms with Crippen LogP contribution in [-0.2, 0) is 23.6 Å². The van der Waals surface area contributed by atoms with Crippen LogP contribution in [0.15, 0.2) is 33.9 Å². The molecule has 1 aromatic carbocycles. The molecule has 7 nitrogen and oxygen atoms in total. The number of aryl methyl sites for hydroxylation is 1. The Balaban J connectivity index is 2.14. The number of hydrogen-bond donors (Lipinski definition) is 2. The van der Waals surface area contributed by atoms with Crippen LogP contribution >= 0.6 is 28.1 Å². The maximum atomic E-state index is 12.2. The Kier molecular flexibility index (Phi) is 4.71. The van der Waals surface area contributed by atoms with E-state index in [1.54, 1.807) is 24.3 Å². The Labute approximate surface area is 135 Å². The molecule has 0 bridgehead atoms. The summed E-state index contributed by atoms with van der Waals surface area (Å²) in [4.78, 5) is 0.298. The van der Waals surface area contributed by atoms with Gasteiger partial charge in [0.05, 0.1) is 0 Å². The van der Waals surface area contributed by atoms with Crippen molar-refractivity contribution < 1.29 is 8.42 Å². The number of rotatable bonds is 5. The van der Waals surface area contributed by atoms with Crippen LogP contribution < -0.4 is 10.5 Å². The van der Waals surface area contributed by atoms with E-state index in [9.17, 15) is 8.42 Å². The monoisotopic (exact) mass is 389 g/mol. The van der Waals surface area contributed by atoms with Crippen LogP contribution in [0.1, 0.15) is 11.1 Å².